The molecule has 0 unspecified atom stereocenters. The minimum atomic E-state index is -0.503. The number of halogens is 2. The average molecular weight is 570 g/mol. The van der Waals surface area contributed by atoms with Crippen LogP contribution in [0.3, 0.4) is 0 Å². The van der Waals surface area contributed by atoms with Crippen LogP contribution in [0.5, 0.6) is 5.75 Å². The average Bonchev–Trinajstić information content (AvgIpc) is 2.97. The molecule has 0 aliphatic heterocycles. The summed E-state index contributed by atoms with van der Waals surface area (Å²) in [6.07, 6.45) is 10.2. The van der Waals surface area contributed by atoms with Crippen molar-refractivity contribution in [2.75, 3.05) is 32.1 Å². The summed E-state index contributed by atoms with van der Waals surface area (Å²) in [5.74, 6) is -0.143. The maximum absolute atomic E-state index is 14.2. The van der Waals surface area contributed by atoms with E-state index in [2.05, 4.69) is 35.1 Å². The largest absolute Gasteiger partial charge is 0.490 e. The number of hydrogen-bond donors (Lipinski definition) is 0. The van der Waals surface area contributed by atoms with Crippen LogP contribution in [-0.4, -0.2) is 49.0 Å². The van der Waals surface area contributed by atoms with Gasteiger partial charge >= 0.3 is 0 Å². The third-order valence-corrected chi connectivity index (χ3v) is 6.65. The lowest BCUT2D eigenvalue weighted by molar-refractivity contribution is -0.116. The Labute approximate surface area is 245 Å². The predicted molar refractivity (Wildman–Crippen MR) is 168 cm³/mol. The van der Waals surface area contributed by atoms with Crippen molar-refractivity contribution in [1.82, 2.24) is 9.88 Å². The lowest BCUT2D eigenvalue weighted by atomic mass is 10.1. The van der Waals surface area contributed by atoms with E-state index in [-0.39, 0.29) is 11.6 Å². The highest BCUT2D eigenvalue weighted by atomic mass is 35.5. The van der Waals surface area contributed by atoms with Gasteiger partial charge in [0.15, 0.2) is 11.6 Å². The molecule has 7 heteroatoms. The van der Waals surface area contributed by atoms with Crippen molar-refractivity contribution < 1.29 is 13.9 Å². The lowest BCUT2D eigenvalue weighted by Gasteiger charge is -2.30. The third kappa shape index (κ3) is 11.5. The number of ether oxygens (including phenoxy) is 1. The van der Waals surface area contributed by atoms with Gasteiger partial charge in [-0.2, -0.15) is 0 Å². The number of benzene rings is 2. The van der Waals surface area contributed by atoms with Crippen molar-refractivity contribution in [3.8, 4) is 16.9 Å². The second-order valence-corrected chi connectivity index (χ2v) is 10.0. The third-order valence-electron chi connectivity index (χ3n) is 6.24. The summed E-state index contributed by atoms with van der Waals surface area (Å²) in [5, 5.41) is 0.819. The van der Waals surface area contributed by atoms with Gasteiger partial charge in [0.2, 0.25) is 0 Å². The van der Waals surface area contributed by atoms with Gasteiger partial charge in [-0.3, -0.25) is 9.88 Å². The zero-order valence-corrected chi connectivity index (χ0v) is 26.0. The molecule has 0 aliphatic carbocycles. The highest BCUT2D eigenvalue weighted by molar-refractivity contribution is 6.31. The quantitative estimate of drug-likeness (QED) is 0.171. The number of nitrogens with zero attached hydrogens (tertiary/aromatic N) is 3. The van der Waals surface area contributed by atoms with E-state index in [1.165, 1.54) is 6.07 Å². The minimum absolute atomic E-state index is 0.241. The summed E-state index contributed by atoms with van der Waals surface area (Å²) in [5.41, 5.74) is 3.42. The predicted octanol–water partition coefficient (Wildman–Crippen LogP) is 8.60. The van der Waals surface area contributed by atoms with Crippen LogP contribution in [-0.2, 0) is 4.79 Å². The monoisotopic (exact) mass is 569 g/mol. The summed E-state index contributed by atoms with van der Waals surface area (Å²) in [4.78, 5) is 19.0. The highest BCUT2D eigenvalue weighted by Crippen LogP contribution is 2.25. The molecule has 0 radical (unpaired) electrons. The first-order valence-corrected chi connectivity index (χ1v) is 14.1. The van der Waals surface area contributed by atoms with Gasteiger partial charge < -0.3 is 14.4 Å². The number of rotatable bonds is 11. The van der Waals surface area contributed by atoms with Crippen molar-refractivity contribution in [3.63, 3.8) is 0 Å². The number of aldehydes is 1. The Kier molecular flexibility index (Phi) is 15.8. The van der Waals surface area contributed by atoms with Gasteiger partial charge in [0.05, 0.1) is 12.1 Å². The van der Waals surface area contributed by atoms with Gasteiger partial charge in [-0.15, -0.1) is 0 Å². The van der Waals surface area contributed by atoms with Crippen LogP contribution in [0.25, 0.3) is 11.1 Å². The Morgan fingerprint density at radius 1 is 1.02 bits per heavy atom. The van der Waals surface area contributed by atoms with Crippen LogP contribution in [0.2, 0.25) is 5.02 Å². The van der Waals surface area contributed by atoms with Gasteiger partial charge in [0.1, 0.15) is 6.29 Å². The second kappa shape index (κ2) is 18.2. The van der Waals surface area contributed by atoms with Gasteiger partial charge in [0.25, 0.3) is 0 Å². The molecule has 0 fully saturated rings. The number of hydrogen-bond acceptors (Lipinski definition) is 5. The molecule has 0 saturated carbocycles. The van der Waals surface area contributed by atoms with E-state index in [4.69, 9.17) is 16.3 Å². The van der Waals surface area contributed by atoms with Crippen LogP contribution in [0, 0.1) is 12.7 Å². The molecule has 1 aromatic heterocycles. The number of allylic oxidation sites excluding steroid dienone is 1. The maximum atomic E-state index is 14.2. The summed E-state index contributed by atoms with van der Waals surface area (Å²) in [6.45, 7) is 12.9. The molecule has 0 amide bonds. The molecule has 0 saturated heterocycles. The van der Waals surface area contributed by atoms with Gasteiger partial charge in [-0.1, -0.05) is 50.6 Å². The zero-order chi connectivity index (χ0) is 30.1. The number of aryl methyl sites for hydroxylation is 1. The first-order valence-electron chi connectivity index (χ1n) is 13.7. The topological polar surface area (TPSA) is 45.7 Å². The van der Waals surface area contributed by atoms with E-state index in [0.717, 1.165) is 40.1 Å². The van der Waals surface area contributed by atoms with E-state index >= 15 is 0 Å². The van der Waals surface area contributed by atoms with Crippen molar-refractivity contribution in [2.24, 2.45) is 0 Å². The first kappa shape index (κ1) is 34.8. The van der Waals surface area contributed by atoms with Crippen LogP contribution >= 0.6 is 11.6 Å². The molecule has 5 nitrogen and oxygen atoms in total. The molecule has 2 aromatic carbocycles. The molecule has 0 atom stereocenters. The van der Waals surface area contributed by atoms with E-state index < -0.39 is 5.54 Å². The van der Waals surface area contributed by atoms with Crippen molar-refractivity contribution in [1.29, 1.82) is 0 Å². The standard InChI is InChI=1S/C19H23FN2O2.C12H16ClN.C2H6/c1-19(2,14-23)22(3)11-4-12-24-18-6-5-16(13-17(18)20)15-7-9-21-10-8-15;1-4-5-8-14(3)11-7-6-10(2)12(13)9-11;1-2/h5-10,13-14H,4,11-12H2,1-3H3;5-9H,4H2,1-3H3;1-2H3/b;8-5-;. The highest BCUT2D eigenvalue weighted by Gasteiger charge is 2.21. The molecule has 40 heavy (non-hydrogen) atoms. The molecular formula is C33H45ClFN3O2. The summed E-state index contributed by atoms with van der Waals surface area (Å²) in [6, 6.07) is 14.7. The summed E-state index contributed by atoms with van der Waals surface area (Å²) in [7, 11) is 3.91. The molecule has 1 heterocycles. The number of aromatic nitrogens is 1. The fourth-order valence-electron chi connectivity index (χ4n) is 3.35. The molecular weight excluding hydrogens is 525 g/mol. The molecule has 0 spiro atoms. The number of carbonyl (C=O) groups excluding carboxylic acids is 1. The van der Waals surface area contributed by atoms with Gasteiger partial charge in [0, 0.05) is 36.7 Å². The summed E-state index contributed by atoms with van der Waals surface area (Å²) >= 11 is 6.04. The molecule has 0 N–H and O–H groups in total. The Hall–Kier alpha value is -3.22. The Morgan fingerprint density at radius 2 is 1.70 bits per heavy atom. The smallest absolute Gasteiger partial charge is 0.165 e. The van der Waals surface area contributed by atoms with Crippen LogP contribution < -0.4 is 9.64 Å². The number of carbonyl (C=O) groups is 1. The van der Waals surface area contributed by atoms with E-state index in [9.17, 15) is 9.18 Å². The Balaban J connectivity index is 0.000000425. The SMILES string of the molecule is CC.CC/C=C\N(C)c1ccc(C)c(Cl)c1.CN(CCCOc1ccc(-c2ccncc2)cc1F)C(C)(C)C=O. The van der Waals surface area contributed by atoms with Crippen molar-refractivity contribution in [2.45, 2.75) is 59.9 Å². The normalized spacial score (nSPS) is 10.9. The summed E-state index contributed by atoms with van der Waals surface area (Å²) < 4.78 is 19.7. The molecule has 3 aromatic rings. The van der Waals surface area contributed by atoms with Gasteiger partial charge in [-0.05, 0) is 99.9 Å². The number of anilines is 1. The van der Waals surface area contributed by atoms with Crippen LogP contribution in [0.15, 0.2) is 73.2 Å². The fourth-order valence-corrected chi connectivity index (χ4v) is 3.53. The van der Waals surface area contributed by atoms with Crippen molar-refractivity contribution >= 4 is 23.6 Å². The molecule has 218 valence electrons. The maximum Gasteiger partial charge on any atom is 0.165 e. The Bertz CT molecular complexity index is 1190. The lowest BCUT2D eigenvalue weighted by Crippen LogP contribution is -2.43. The van der Waals surface area contributed by atoms with Crippen LogP contribution in [0.1, 0.15) is 53.0 Å². The second-order valence-electron chi connectivity index (χ2n) is 9.61. The first-order chi connectivity index (χ1) is 19.1. The molecule has 0 bridgehead atoms. The van der Waals surface area contributed by atoms with E-state index in [1.807, 2.05) is 83.9 Å². The number of pyridine rings is 1. The number of likely N-dealkylation sites (N-methyl/N-ethyl adjacent to an activating group) is 1. The molecule has 0 aliphatic rings. The van der Waals surface area contributed by atoms with Crippen LogP contribution in [0.4, 0.5) is 10.1 Å². The van der Waals surface area contributed by atoms with Crippen molar-refractivity contribution in [3.05, 3.63) is 89.6 Å². The fraction of sp³-hybridized carbons (Fsp3) is 0.394. The molecule has 3 rings (SSSR count). The van der Waals surface area contributed by atoms with Gasteiger partial charge in [-0.25, -0.2) is 4.39 Å². The Morgan fingerprint density at radius 3 is 2.27 bits per heavy atom. The van der Waals surface area contributed by atoms with E-state index in [0.29, 0.717) is 19.6 Å². The van der Waals surface area contributed by atoms with E-state index in [1.54, 1.807) is 18.5 Å². The zero-order valence-electron chi connectivity index (χ0n) is 25.2. The minimum Gasteiger partial charge on any atom is -0.490 e.